The Morgan fingerprint density at radius 2 is 1.96 bits per heavy atom. The zero-order chi connectivity index (χ0) is 18.9. The molecule has 1 atom stereocenters. The van der Waals surface area contributed by atoms with Crippen LogP contribution in [0.3, 0.4) is 0 Å². The summed E-state index contributed by atoms with van der Waals surface area (Å²) >= 11 is 0. The molecular weight excluding hydrogens is 336 g/mol. The number of hydrogen-bond donors (Lipinski definition) is 0. The van der Waals surface area contributed by atoms with Crippen molar-refractivity contribution < 1.29 is 9.53 Å². The molecule has 1 aromatic carbocycles. The fourth-order valence-corrected chi connectivity index (χ4v) is 4.15. The second-order valence-electron chi connectivity index (χ2n) is 7.68. The van der Waals surface area contributed by atoms with Crippen LogP contribution in [0, 0.1) is 11.8 Å². The summed E-state index contributed by atoms with van der Waals surface area (Å²) in [6.45, 7) is 3.09. The van der Waals surface area contributed by atoms with Crippen molar-refractivity contribution in [2.24, 2.45) is 11.8 Å². The highest BCUT2D eigenvalue weighted by molar-refractivity contribution is 5.72. The number of carbonyl (C=O) groups excluding carboxylic acids is 1. The van der Waals surface area contributed by atoms with Crippen LogP contribution in [0.5, 0.6) is 0 Å². The molecule has 4 heteroatoms. The first-order valence-corrected chi connectivity index (χ1v) is 10.5. The lowest BCUT2D eigenvalue weighted by Crippen LogP contribution is -2.20. The van der Waals surface area contributed by atoms with E-state index >= 15 is 0 Å². The van der Waals surface area contributed by atoms with Gasteiger partial charge < -0.3 is 4.74 Å². The second-order valence-corrected chi connectivity index (χ2v) is 7.68. The van der Waals surface area contributed by atoms with Gasteiger partial charge in [0, 0.05) is 18.3 Å². The number of rotatable bonds is 10. The molecule has 1 saturated carbocycles. The summed E-state index contributed by atoms with van der Waals surface area (Å²) in [5.74, 6) is 0.822. The van der Waals surface area contributed by atoms with Gasteiger partial charge in [0.1, 0.15) is 0 Å². The molecule has 1 heterocycles. The summed E-state index contributed by atoms with van der Waals surface area (Å²) in [4.78, 5) is 12.4. The Balaban J connectivity index is 1.52. The molecule has 1 aromatic heterocycles. The predicted octanol–water partition coefficient (Wildman–Crippen LogP) is 5.48. The minimum Gasteiger partial charge on any atom is -0.466 e. The van der Waals surface area contributed by atoms with Crippen LogP contribution in [0.4, 0.5) is 0 Å². The minimum absolute atomic E-state index is 0.0178. The van der Waals surface area contributed by atoms with Gasteiger partial charge in [-0.1, -0.05) is 68.9 Å². The van der Waals surface area contributed by atoms with Crippen LogP contribution in [0.25, 0.3) is 11.1 Å². The van der Waals surface area contributed by atoms with Crippen molar-refractivity contribution in [2.45, 2.75) is 64.8 Å². The maximum Gasteiger partial charge on any atom is 0.308 e. The molecule has 0 amide bonds. The Bertz CT molecular complexity index is 689. The normalized spacial score (nSPS) is 15.7. The van der Waals surface area contributed by atoms with E-state index in [1.165, 1.54) is 37.7 Å². The maximum atomic E-state index is 12.4. The van der Waals surface area contributed by atoms with Crippen molar-refractivity contribution in [3.63, 3.8) is 0 Å². The van der Waals surface area contributed by atoms with Crippen molar-refractivity contribution >= 4 is 5.97 Å². The van der Waals surface area contributed by atoms with Gasteiger partial charge in [0.05, 0.1) is 18.7 Å². The van der Waals surface area contributed by atoms with Crippen LogP contribution in [0.1, 0.15) is 58.3 Å². The molecule has 0 N–H and O–H groups in total. The quantitative estimate of drug-likeness (QED) is 0.522. The number of aryl methyl sites for hydroxylation is 1. The first kappa shape index (κ1) is 19.7. The zero-order valence-electron chi connectivity index (χ0n) is 16.5. The largest absolute Gasteiger partial charge is 0.466 e. The molecule has 2 aromatic rings. The van der Waals surface area contributed by atoms with E-state index in [2.05, 4.69) is 23.4 Å². The third kappa shape index (κ3) is 5.95. The Morgan fingerprint density at radius 3 is 2.70 bits per heavy atom. The standard InChI is InChI=1S/C23H32N2O2/c1-2-27-23(26)21(14-8-11-19-9-6-7-10-19)15-16-25-18-22(17-24-25)20-12-4-3-5-13-20/h3-5,12-13,17-19,21H,2,6-11,14-16H2,1H3. The zero-order valence-corrected chi connectivity index (χ0v) is 16.5. The van der Waals surface area contributed by atoms with Gasteiger partial charge in [-0.3, -0.25) is 9.48 Å². The van der Waals surface area contributed by atoms with Gasteiger partial charge in [-0.2, -0.15) is 5.10 Å². The summed E-state index contributed by atoms with van der Waals surface area (Å²) in [7, 11) is 0. The van der Waals surface area contributed by atoms with Crippen LogP contribution in [0.2, 0.25) is 0 Å². The average Bonchev–Trinajstić information content (AvgIpc) is 3.37. The lowest BCUT2D eigenvalue weighted by Gasteiger charge is -2.16. The molecule has 1 fully saturated rings. The molecule has 27 heavy (non-hydrogen) atoms. The Hall–Kier alpha value is -2.10. The number of esters is 1. The molecular formula is C23H32N2O2. The third-order valence-electron chi connectivity index (χ3n) is 5.71. The van der Waals surface area contributed by atoms with E-state index in [1.54, 1.807) is 0 Å². The van der Waals surface area contributed by atoms with E-state index in [-0.39, 0.29) is 11.9 Å². The summed E-state index contributed by atoms with van der Waals surface area (Å²) in [5.41, 5.74) is 2.28. The molecule has 4 nitrogen and oxygen atoms in total. The Labute approximate surface area is 162 Å². The highest BCUT2D eigenvalue weighted by Gasteiger charge is 2.21. The average molecular weight is 369 g/mol. The minimum atomic E-state index is -0.0423. The van der Waals surface area contributed by atoms with E-state index in [4.69, 9.17) is 4.74 Å². The fraction of sp³-hybridized carbons (Fsp3) is 0.565. The van der Waals surface area contributed by atoms with E-state index in [0.717, 1.165) is 37.3 Å². The number of carbonyl (C=O) groups is 1. The number of hydrogen-bond acceptors (Lipinski definition) is 3. The van der Waals surface area contributed by atoms with Crippen LogP contribution in [0.15, 0.2) is 42.7 Å². The summed E-state index contributed by atoms with van der Waals surface area (Å²) < 4.78 is 7.27. The van der Waals surface area contributed by atoms with Gasteiger partial charge in [-0.25, -0.2) is 0 Å². The number of nitrogens with zero attached hydrogens (tertiary/aromatic N) is 2. The van der Waals surface area contributed by atoms with Crippen molar-refractivity contribution in [3.05, 3.63) is 42.7 Å². The van der Waals surface area contributed by atoms with Crippen LogP contribution >= 0.6 is 0 Å². The highest BCUT2D eigenvalue weighted by atomic mass is 16.5. The molecule has 0 bridgehead atoms. The number of aromatic nitrogens is 2. The van der Waals surface area contributed by atoms with Crippen molar-refractivity contribution in [3.8, 4) is 11.1 Å². The fourth-order valence-electron chi connectivity index (χ4n) is 4.15. The van der Waals surface area contributed by atoms with Gasteiger partial charge in [-0.05, 0) is 31.2 Å². The molecule has 146 valence electrons. The van der Waals surface area contributed by atoms with E-state index in [9.17, 15) is 4.79 Å². The lowest BCUT2D eigenvalue weighted by atomic mass is 9.94. The van der Waals surface area contributed by atoms with Crippen molar-refractivity contribution in [1.29, 1.82) is 0 Å². The Morgan fingerprint density at radius 1 is 1.19 bits per heavy atom. The molecule has 1 aliphatic rings. The molecule has 0 radical (unpaired) electrons. The van der Waals surface area contributed by atoms with E-state index < -0.39 is 0 Å². The topological polar surface area (TPSA) is 44.1 Å². The SMILES string of the molecule is CCOC(=O)C(CCCC1CCCC1)CCn1cc(-c2ccccc2)cn1. The molecule has 1 unspecified atom stereocenters. The van der Waals surface area contributed by atoms with Gasteiger partial charge in [-0.15, -0.1) is 0 Å². The van der Waals surface area contributed by atoms with Gasteiger partial charge in [0.15, 0.2) is 0 Å². The van der Waals surface area contributed by atoms with Crippen LogP contribution in [-0.4, -0.2) is 22.4 Å². The number of benzene rings is 1. The first-order chi connectivity index (χ1) is 13.3. The predicted molar refractivity (Wildman–Crippen MR) is 108 cm³/mol. The molecule has 0 saturated heterocycles. The van der Waals surface area contributed by atoms with E-state index in [0.29, 0.717) is 6.61 Å². The Kier molecular flexibility index (Phi) is 7.49. The van der Waals surface area contributed by atoms with Gasteiger partial charge >= 0.3 is 5.97 Å². The summed E-state index contributed by atoms with van der Waals surface area (Å²) in [6.07, 6.45) is 13.6. The monoisotopic (exact) mass is 368 g/mol. The van der Waals surface area contributed by atoms with Gasteiger partial charge in [0.2, 0.25) is 0 Å². The lowest BCUT2D eigenvalue weighted by molar-refractivity contribution is -0.148. The molecule has 1 aliphatic carbocycles. The highest BCUT2D eigenvalue weighted by Crippen LogP contribution is 2.30. The molecule has 0 aliphatic heterocycles. The third-order valence-corrected chi connectivity index (χ3v) is 5.71. The van der Waals surface area contributed by atoms with Gasteiger partial charge in [0.25, 0.3) is 0 Å². The van der Waals surface area contributed by atoms with Crippen LogP contribution < -0.4 is 0 Å². The van der Waals surface area contributed by atoms with E-state index in [1.807, 2.05) is 36.0 Å². The molecule has 0 spiro atoms. The smallest absolute Gasteiger partial charge is 0.308 e. The number of ether oxygens (including phenoxy) is 1. The van der Waals surface area contributed by atoms with Crippen LogP contribution in [-0.2, 0) is 16.1 Å². The first-order valence-electron chi connectivity index (χ1n) is 10.5. The second kappa shape index (κ2) is 10.3. The summed E-state index contributed by atoms with van der Waals surface area (Å²) in [6, 6.07) is 10.3. The van der Waals surface area contributed by atoms with Crippen molar-refractivity contribution in [1.82, 2.24) is 9.78 Å². The maximum absolute atomic E-state index is 12.4. The van der Waals surface area contributed by atoms with Crippen molar-refractivity contribution in [2.75, 3.05) is 6.61 Å². The molecule has 3 rings (SSSR count). The summed E-state index contributed by atoms with van der Waals surface area (Å²) in [5, 5.41) is 4.48.